The van der Waals surface area contributed by atoms with Gasteiger partial charge in [-0.05, 0) is 49.1 Å². The third-order valence-electron chi connectivity index (χ3n) is 7.13. The maximum Gasteiger partial charge on any atom is 0.418 e. The normalized spacial score (nSPS) is 11.8. The van der Waals surface area contributed by atoms with Gasteiger partial charge in [0.25, 0.3) is 0 Å². The van der Waals surface area contributed by atoms with Gasteiger partial charge in [-0.15, -0.1) is 0 Å². The second kappa shape index (κ2) is 15.1. The summed E-state index contributed by atoms with van der Waals surface area (Å²) in [5, 5.41) is 3.33. The highest BCUT2D eigenvalue weighted by Gasteiger charge is 2.29. The van der Waals surface area contributed by atoms with Gasteiger partial charge in [-0.25, -0.2) is 19.0 Å². The van der Waals surface area contributed by atoms with Crippen LogP contribution in [0.1, 0.15) is 43.0 Å². The maximum atomic E-state index is 13.6. The zero-order valence-electron chi connectivity index (χ0n) is 26.7. The SMILES string of the molecule is CC(C)(C)OC(=O)N[C@@H](Cc1cn(C(=O)OCc2ccccc2)c2c(OCc3ccccc3)cccc12)C(=O)OCc1ccccc1. The molecule has 242 valence electrons. The van der Waals surface area contributed by atoms with Crippen molar-refractivity contribution in [1.82, 2.24) is 9.88 Å². The van der Waals surface area contributed by atoms with Gasteiger partial charge < -0.3 is 24.3 Å². The fourth-order valence-corrected chi connectivity index (χ4v) is 4.96. The largest absolute Gasteiger partial charge is 0.487 e. The first-order valence-electron chi connectivity index (χ1n) is 15.4. The molecular weight excluding hydrogens is 596 g/mol. The summed E-state index contributed by atoms with van der Waals surface area (Å²) < 4.78 is 24.4. The zero-order valence-corrected chi connectivity index (χ0v) is 26.7. The lowest BCUT2D eigenvalue weighted by atomic mass is 10.0. The van der Waals surface area contributed by atoms with Crippen LogP contribution < -0.4 is 10.1 Å². The fraction of sp³-hybridized carbons (Fsp3) is 0.237. The number of para-hydroxylation sites is 1. The van der Waals surface area contributed by atoms with Crippen LogP contribution in [0.5, 0.6) is 5.75 Å². The van der Waals surface area contributed by atoms with E-state index < -0.39 is 29.8 Å². The monoisotopic (exact) mass is 634 g/mol. The minimum atomic E-state index is -1.12. The molecule has 0 saturated heterocycles. The van der Waals surface area contributed by atoms with Crippen molar-refractivity contribution >= 4 is 29.1 Å². The van der Waals surface area contributed by atoms with Crippen molar-refractivity contribution < 1.29 is 33.3 Å². The first-order chi connectivity index (χ1) is 22.7. The van der Waals surface area contributed by atoms with Crippen molar-refractivity contribution in [1.29, 1.82) is 0 Å². The van der Waals surface area contributed by atoms with Gasteiger partial charge in [0, 0.05) is 18.0 Å². The second-order valence-electron chi connectivity index (χ2n) is 12.0. The molecule has 0 bridgehead atoms. The van der Waals surface area contributed by atoms with E-state index in [0.29, 0.717) is 22.2 Å². The molecule has 0 aliphatic carbocycles. The number of aromatic nitrogens is 1. The first kappa shape index (κ1) is 32.8. The van der Waals surface area contributed by atoms with E-state index in [2.05, 4.69) is 5.32 Å². The van der Waals surface area contributed by atoms with Gasteiger partial charge >= 0.3 is 18.2 Å². The Bertz CT molecular complexity index is 1800. The summed E-state index contributed by atoms with van der Waals surface area (Å²) in [6.07, 6.45) is 0.229. The maximum absolute atomic E-state index is 13.6. The molecule has 0 spiro atoms. The number of benzene rings is 4. The van der Waals surface area contributed by atoms with Crippen LogP contribution in [-0.2, 0) is 45.2 Å². The number of nitrogens with one attached hydrogen (secondary N) is 1. The zero-order chi connectivity index (χ0) is 33.2. The molecule has 5 rings (SSSR count). The average molecular weight is 635 g/mol. The Kier molecular flexibility index (Phi) is 10.6. The van der Waals surface area contributed by atoms with Crippen molar-refractivity contribution in [2.24, 2.45) is 0 Å². The van der Waals surface area contributed by atoms with Crippen molar-refractivity contribution in [3.63, 3.8) is 0 Å². The Morgan fingerprint density at radius 1 is 0.702 bits per heavy atom. The molecule has 1 aromatic heterocycles. The Balaban J connectivity index is 1.47. The Labute approximate surface area is 274 Å². The summed E-state index contributed by atoms with van der Waals surface area (Å²) in [7, 11) is 0. The van der Waals surface area contributed by atoms with Crippen LogP contribution in [0.15, 0.2) is 115 Å². The van der Waals surface area contributed by atoms with Gasteiger partial charge in [0.05, 0.1) is 0 Å². The van der Waals surface area contributed by atoms with E-state index in [9.17, 15) is 14.4 Å². The molecule has 0 fully saturated rings. The van der Waals surface area contributed by atoms with Crippen molar-refractivity contribution in [2.75, 3.05) is 0 Å². The third-order valence-corrected chi connectivity index (χ3v) is 7.13. The molecule has 0 radical (unpaired) electrons. The molecule has 0 aliphatic rings. The number of hydrogen-bond acceptors (Lipinski definition) is 7. The number of esters is 1. The van der Waals surface area contributed by atoms with E-state index in [1.165, 1.54) is 4.57 Å². The molecule has 0 unspecified atom stereocenters. The average Bonchev–Trinajstić information content (AvgIpc) is 3.44. The number of hydrogen-bond donors (Lipinski definition) is 1. The predicted molar refractivity (Wildman–Crippen MR) is 178 cm³/mol. The number of carbonyl (C=O) groups excluding carboxylic acids is 3. The summed E-state index contributed by atoms with van der Waals surface area (Å²) in [6.45, 7) is 5.57. The Morgan fingerprint density at radius 3 is 1.83 bits per heavy atom. The number of rotatable bonds is 11. The minimum absolute atomic E-state index is 0.00443. The summed E-state index contributed by atoms with van der Waals surface area (Å²) in [5.74, 6) is -0.193. The van der Waals surface area contributed by atoms with Gasteiger partial charge in [0.2, 0.25) is 0 Å². The van der Waals surface area contributed by atoms with Crippen LogP contribution in [0.25, 0.3) is 10.9 Å². The summed E-state index contributed by atoms with van der Waals surface area (Å²) in [5.41, 5.74) is 2.88. The molecular formula is C38H38N2O7. The summed E-state index contributed by atoms with van der Waals surface area (Å²) in [4.78, 5) is 39.9. The Hall–Kier alpha value is -5.57. The smallest absolute Gasteiger partial charge is 0.418 e. The van der Waals surface area contributed by atoms with E-state index >= 15 is 0 Å². The lowest BCUT2D eigenvalue weighted by Crippen LogP contribution is -2.45. The van der Waals surface area contributed by atoms with Gasteiger partial charge in [-0.3, -0.25) is 0 Å². The van der Waals surface area contributed by atoms with E-state index in [1.807, 2.05) is 103 Å². The predicted octanol–water partition coefficient (Wildman–Crippen LogP) is 7.58. The third kappa shape index (κ3) is 9.23. The number of carbonyl (C=O) groups is 3. The molecule has 9 nitrogen and oxygen atoms in total. The van der Waals surface area contributed by atoms with Crippen LogP contribution >= 0.6 is 0 Å². The molecule has 5 aromatic rings. The summed E-state index contributed by atoms with van der Waals surface area (Å²) in [6, 6.07) is 32.6. The molecule has 0 saturated carbocycles. The highest BCUT2D eigenvalue weighted by atomic mass is 16.6. The topological polar surface area (TPSA) is 105 Å². The number of amides is 1. The van der Waals surface area contributed by atoms with Gasteiger partial charge in [-0.1, -0.05) is 103 Å². The van der Waals surface area contributed by atoms with Gasteiger partial charge in [0.1, 0.15) is 42.7 Å². The van der Waals surface area contributed by atoms with E-state index in [1.54, 1.807) is 33.0 Å². The standard InChI is InChI=1S/C38H38N2O7/c1-38(2,3)47-36(42)39-32(35(41)45-25-28-16-9-5-10-17-28)22-30-23-40(37(43)46-26-29-18-11-6-12-19-29)34-31(30)20-13-21-33(34)44-24-27-14-7-4-8-15-27/h4-21,23,32H,22,24-26H2,1-3H3,(H,39,42)/t32-/m0/s1. The van der Waals surface area contributed by atoms with Crippen LogP contribution in [0, 0.1) is 0 Å². The summed E-state index contributed by atoms with van der Waals surface area (Å²) >= 11 is 0. The quantitative estimate of drug-likeness (QED) is 0.118. The molecule has 9 heteroatoms. The van der Waals surface area contributed by atoms with Gasteiger partial charge in [-0.2, -0.15) is 0 Å². The van der Waals surface area contributed by atoms with Crippen LogP contribution in [0.4, 0.5) is 9.59 Å². The van der Waals surface area contributed by atoms with Crippen LogP contribution in [-0.4, -0.2) is 34.4 Å². The van der Waals surface area contributed by atoms with Crippen LogP contribution in [0.3, 0.4) is 0 Å². The highest BCUT2D eigenvalue weighted by Crippen LogP contribution is 2.32. The van der Waals surface area contributed by atoms with Crippen LogP contribution in [0.2, 0.25) is 0 Å². The molecule has 0 aliphatic heterocycles. The van der Waals surface area contributed by atoms with Crippen molar-refractivity contribution in [2.45, 2.75) is 58.7 Å². The fourth-order valence-electron chi connectivity index (χ4n) is 4.96. The second-order valence-corrected chi connectivity index (χ2v) is 12.0. The lowest BCUT2D eigenvalue weighted by Gasteiger charge is -2.23. The molecule has 47 heavy (non-hydrogen) atoms. The molecule has 1 N–H and O–H groups in total. The minimum Gasteiger partial charge on any atom is -0.487 e. The molecule has 1 atom stereocenters. The lowest BCUT2D eigenvalue weighted by molar-refractivity contribution is -0.147. The Morgan fingerprint density at radius 2 is 1.26 bits per heavy atom. The number of nitrogens with zero attached hydrogens (tertiary/aromatic N) is 1. The van der Waals surface area contributed by atoms with E-state index in [4.69, 9.17) is 18.9 Å². The van der Waals surface area contributed by atoms with E-state index in [0.717, 1.165) is 16.7 Å². The number of fused-ring (bicyclic) bond motifs is 1. The van der Waals surface area contributed by atoms with E-state index in [-0.39, 0.29) is 26.2 Å². The number of ether oxygens (including phenoxy) is 4. The van der Waals surface area contributed by atoms with Crippen molar-refractivity contribution in [3.05, 3.63) is 138 Å². The molecule has 1 heterocycles. The molecule has 1 amide bonds. The van der Waals surface area contributed by atoms with Gasteiger partial charge in [0.15, 0.2) is 0 Å². The number of alkyl carbamates (subject to hydrolysis) is 1. The highest BCUT2D eigenvalue weighted by molar-refractivity contribution is 5.96. The van der Waals surface area contributed by atoms with Crippen molar-refractivity contribution in [3.8, 4) is 5.75 Å². The first-order valence-corrected chi connectivity index (χ1v) is 15.4. The molecule has 4 aromatic carbocycles.